The number of nitrogens with zero attached hydrogens (tertiary/aromatic N) is 16. The van der Waals surface area contributed by atoms with Gasteiger partial charge in [0.2, 0.25) is 12.7 Å². The number of para-hydroxylation sites is 2. The molecule has 0 bridgehead atoms. The molecule has 19 heteroatoms. The van der Waals surface area contributed by atoms with Crippen LogP contribution in [0.5, 0.6) is 0 Å². The van der Waals surface area contributed by atoms with E-state index in [4.69, 9.17) is 0 Å². The summed E-state index contributed by atoms with van der Waals surface area (Å²) in [6.07, 6.45) is 18.3. The number of pyridine rings is 1. The average Bonchev–Trinajstić information content (AvgIpc) is 1.58. The predicted octanol–water partition coefficient (Wildman–Crippen LogP) is 13.1. The maximum atomic E-state index is 13.9. The first-order valence-corrected chi connectivity index (χ1v) is 34.7. The van der Waals surface area contributed by atoms with Crippen LogP contribution in [0.25, 0.3) is 84.6 Å². The zero-order valence-electron chi connectivity index (χ0n) is 59.1. The van der Waals surface area contributed by atoms with Gasteiger partial charge in [0.15, 0.2) is 37.0 Å². The maximum absolute atomic E-state index is 13.9. The molecule has 16 nitrogen and oxygen atoms in total. The van der Waals surface area contributed by atoms with Crippen molar-refractivity contribution >= 4 is 17.0 Å². The van der Waals surface area contributed by atoms with Crippen molar-refractivity contribution in [3.63, 3.8) is 0 Å². The Morgan fingerprint density at radius 1 is 0.581 bits per heavy atom. The molecule has 0 saturated heterocycles. The summed E-state index contributed by atoms with van der Waals surface area (Å²) in [4.78, 5) is 4.40. The van der Waals surface area contributed by atoms with Crippen molar-refractivity contribution in [1.29, 1.82) is 0 Å². The molecule has 1 radical (unpaired) electrons. The molecule has 0 spiro atoms. The van der Waals surface area contributed by atoms with E-state index in [1.165, 1.54) is 96.1 Å². The number of fused-ring (bicyclic) bond motifs is 18. The van der Waals surface area contributed by atoms with Gasteiger partial charge in [0.1, 0.15) is 61.2 Å². The minimum absolute atomic E-state index is 0. The van der Waals surface area contributed by atoms with Crippen molar-refractivity contribution in [1.82, 2.24) is 42.9 Å². The van der Waals surface area contributed by atoms with E-state index in [2.05, 4.69) is 299 Å². The van der Waals surface area contributed by atoms with Crippen LogP contribution in [-0.4, -0.2) is 44.9 Å². The summed E-state index contributed by atoms with van der Waals surface area (Å²) in [7, 11) is 10.3. The molecule has 16 aromatic rings. The second kappa shape index (κ2) is 29.7. The first-order chi connectivity index (χ1) is 50.8. The van der Waals surface area contributed by atoms with E-state index in [9.17, 15) is 8.78 Å². The SMILES string of the molecule is CN1[CH-]N(Cc2[c-]cccc2)c2ccccc21.C[n+]1cc2n(c1)Cn1ccc(-c3ccccc3)c1-2.C[n+]1ccc2n1Cc1ccccc1-2.Cc1n2c(c[n+]1C)-c1ccccc1C2.Cn1c[n+]2c(n1)-c1ccccc1C2.Fc1cc(F)c2c(c1)Cn1c-2c[n+]2ccccc12.[Ir].[c-]1ccccc1-c1ccn[n-]1. The van der Waals surface area contributed by atoms with Crippen LogP contribution < -0.4 is 37.7 Å². The Balaban J connectivity index is 0.0000000988. The van der Waals surface area contributed by atoms with Crippen molar-refractivity contribution in [3.05, 3.63) is 345 Å². The van der Waals surface area contributed by atoms with Crippen LogP contribution in [0.3, 0.4) is 0 Å². The molecule has 0 atom stereocenters. The minimum atomic E-state index is -0.519. The molecule has 0 N–H and O–H groups in total. The van der Waals surface area contributed by atoms with Crippen LogP contribution in [0.4, 0.5) is 20.2 Å². The fourth-order valence-electron chi connectivity index (χ4n) is 14.7. The smallest absolute Gasteiger partial charge is 0.309 e. The van der Waals surface area contributed by atoms with E-state index < -0.39 is 11.6 Å². The zero-order valence-corrected chi connectivity index (χ0v) is 61.5. The van der Waals surface area contributed by atoms with Crippen LogP contribution in [0.2, 0.25) is 0 Å². The zero-order chi connectivity index (χ0) is 71.0. The van der Waals surface area contributed by atoms with Crippen LogP contribution in [0, 0.1) is 37.4 Å². The number of hydrogen-bond donors (Lipinski definition) is 0. The van der Waals surface area contributed by atoms with E-state index in [0.29, 0.717) is 17.7 Å². The maximum Gasteiger partial charge on any atom is 0.309 e. The van der Waals surface area contributed by atoms with Crippen molar-refractivity contribution < 1.29 is 51.7 Å². The van der Waals surface area contributed by atoms with Crippen molar-refractivity contribution in [2.75, 3.05) is 16.8 Å². The molecule has 0 saturated carbocycles. The molecule has 14 heterocycles. The number of rotatable bonds is 4. The van der Waals surface area contributed by atoms with Crippen LogP contribution >= 0.6 is 0 Å². The summed E-state index contributed by atoms with van der Waals surface area (Å²) in [5, 5.41) is 12.0. The standard InChI is InChI=1S/C15H14N3.C15H14N2.C14H9F2N2.C12H13N2.C11H11N2.C10H10N3.C9H6N2.Ir/c1-16-9-14-15-13(12-5-3-2-4-6-12)7-8-17(15)11-18(14)10-16;1-16-12-17(11-13-7-3-2-4-8-13)15-10-6-5-9-14(15)16;15-10-5-9-7-18-12(14(9)11(16)6-10)8-17-4-2-1-3-13(17)18;1-9-13(2)8-12-11-6-4-3-5-10(11)7-14(9)12;1-12-7-6-11-10-5-3-2-4-9(10)8-13(11)12;1-12-7-13-6-8-4-2-3-5-9(8)10(13)11-12;1-2-4-8(5-3-1)9-6-7-10-11-9;/h2-10H,11H2,1H3;2-7,9-10,12H,11H2,1H3;1-6,8H,7H2;3-6,8H,7H2,1-2H3;2-7H,8H2,1H3;2-5,7H,6H2,1H3;1-4,6-7H;/q+1;-2;4*+1;-2;. The van der Waals surface area contributed by atoms with Crippen molar-refractivity contribution in [2.45, 2.75) is 46.3 Å². The van der Waals surface area contributed by atoms with Crippen LogP contribution in [0.15, 0.2) is 280 Å². The van der Waals surface area contributed by atoms with Crippen LogP contribution in [-0.2, 0) is 87.7 Å². The van der Waals surface area contributed by atoms with Gasteiger partial charge in [-0.2, -0.15) is 42.6 Å². The molecule has 8 aromatic carbocycles. The van der Waals surface area contributed by atoms with E-state index in [1.807, 2.05) is 100 Å². The number of halogens is 2. The van der Waals surface area contributed by atoms with Crippen LogP contribution in [0.1, 0.15) is 33.6 Å². The number of hydrogen-bond acceptors (Lipinski definition) is 4. The van der Waals surface area contributed by atoms with Crippen molar-refractivity contribution in [3.8, 4) is 78.9 Å². The van der Waals surface area contributed by atoms with Gasteiger partial charge in [0.25, 0.3) is 11.5 Å². The molecule has 6 aliphatic heterocycles. The van der Waals surface area contributed by atoms with E-state index >= 15 is 0 Å². The quantitative estimate of drug-likeness (QED) is 0.129. The van der Waals surface area contributed by atoms with Crippen molar-refractivity contribution in [2.24, 2.45) is 28.2 Å². The van der Waals surface area contributed by atoms with Gasteiger partial charge in [0.05, 0.1) is 45.0 Å². The van der Waals surface area contributed by atoms with Gasteiger partial charge < -0.3 is 24.6 Å². The monoisotopic (exact) mass is 1560 g/mol. The van der Waals surface area contributed by atoms with Gasteiger partial charge in [-0.3, -0.25) is 0 Å². The topological polar surface area (TPSA) is 95.6 Å². The Kier molecular flexibility index (Phi) is 19.4. The number of anilines is 2. The number of imidazole rings is 3. The second-order valence-corrected chi connectivity index (χ2v) is 26.5. The molecule has 105 heavy (non-hydrogen) atoms. The molecule has 523 valence electrons. The third-order valence-corrected chi connectivity index (χ3v) is 19.7. The summed E-state index contributed by atoms with van der Waals surface area (Å²) in [5.41, 5.74) is 24.7. The predicted molar refractivity (Wildman–Crippen MR) is 397 cm³/mol. The van der Waals surface area contributed by atoms with Gasteiger partial charge in [-0.1, -0.05) is 115 Å². The third-order valence-electron chi connectivity index (χ3n) is 19.7. The van der Waals surface area contributed by atoms with Gasteiger partial charge in [0, 0.05) is 101 Å². The van der Waals surface area contributed by atoms with Gasteiger partial charge in [-0.25, -0.2) is 46.3 Å². The number of aromatic nitrogens is 14. The largest absolute Gasteiger partial charge is 0.619 e. The van der Waals surface area contributed by atoms with E-state index in [0.717, 1.165) is 67.3 Å². The summed E-state index contributed by atoms with van der Waals surface area (Å²) < 4.78 is 50.7. The fourth-order valence-corrected chi connectivity index (χ4v) is 14.7. The summed E-state index contributed by atoms with van der Waals surface area (Å²) in [5.74, 6) is 1.38. The van der Waals surface area contributed by atoms with E-state index in [1.54, 1.807) is 6.20 Å². The third kappa shape index (κ3) is 13.8. The Labute approximate surface area is 622 Å². The van der Waals surface area contributed by atoms with E-state index in [-0.39, 0.29) is 20.1 Å². The molecule has 6 aliphatic rings. The fraction of sp³-hybridized carbons (Fsp3) is 0.140. The molecule has 22 rings (SSSR count). The molecule has 0 aliphatic carbocycles. The summed E-state index contributed by atoms with van der Waals surface area (Å²) in [6, 6.07) is 81.2. The van der Waals surface area contributed by atoms with Gasteiger partial charge >= 0.3 is 5.82 Å². The average molecular weight is 1560 g/mol. The summed E-state index contributed by atoms with van der Waals surface area (Å²) >= 11 is 0. The molecule has 0 unspecified atom stereocenters. The second-order valence-electron chi connectivity index (χ2n) is 26.5. The number of aryl methyl sites for hydroxylation is 4. The van der Waals surface area contributed by atoms with Gasteiger partial charge in [-0.15, -0.1) is 56.0 Å². The molecule has 0 fully saturated rings. The molecule has 0 amide bonds. The Hall–Kier alpha value is -12.2. The molecular formula is C86H77F2IrN16+. The number of benzene rings is 8. The normalized spacial score (nSPS) is 12.5. The van der Waals surface area contributed by atoms with Gasteiger partial charge in [-0.05, 0) is 67.3 Å². The summed E-state index contributed by atoms with van der Waals surface area (Å²) in [6.45, 7) is 9.58. The minimum Gasteiger partial charge on any atom is -0.619 e. The Morgan fingerprint density at radius 3 is 2.04 bits per heavy atom. The first kappa shape index (κ1) is 68.6. The first-order valence-electron chi connectivity index (χ1n) is 34.7. The molecule has 8 aromatic heterocycles. The Morgan fingerprint density at radius 2 is 1.28 bits per heavy atom. The molecular weight excluding hydrogens is 1490 g/mol. The Bertz CT molecular complexity index is 5740.